The molecule has 1 N–H and O–H groups in total. The monoisotopic (exact) mass is 283 g/mol. The summed E-state index contributed by atoms with van der Waals surface area (Å²) in [5.41, 5.74) is 0.354. The number of hydrogen-bond acceptors (Lipinski definition) is 3. The van der Waals surface area contributed by atoms with Crippen LogP contribution in [0.15, 0.2) is 24.3 Å². The molecule has 1 aliphatic heterocycles. The molecule has 0 radical (unpaired) electrons. The van der Waals surface area contributed by atoms with Gasteiger partial charge in [-0.15, -0.1) is 0 Å². The summed E-state index contributed by atoms with van der Waals surface area (Å²) in [5, 5.41) is 10.1. The molecule has 19 heavy (non-hydrogen) atoms. The number of rotatable bonds is 5. The minimum absolute atomic E-state index is 0.299. The van der Waals surface area contributed by atoms with Crippen LogP contribution in [0, 0.1) is 5.41 Å². The largest absolute Gasteiger partial charge is 0.481 e. The number of carbonyl (C=O) groups is 1. The van der Waals surface area contributed by atoms with Crippen LogP contribution in [0.1, 0.15) is 12.0 Å². The molecule has 0 aliphatic carbocycles. The van der Waals surface area contributed by atoms with Gasteiger partial charge >= 0.3 is 5.97 Å². The lowest BCUT2D eigenvalue weighted by Crippen LogP contribution is -2.42. The Labute approximate surface area is 117 Å². The zero-order valence-corrected chi connectivity index (χ0v) is 11.7. The Morgan fingerprint density at radius 3 is 2.68 bits per heavy atom. The van der Waals surface area contributed by atoms with Crippen LogP contribution >= 0.6 is 11.6 Å². The third-order valence-corrected chi connectivity index (χ3v) is 3.75. The van der Waals surface area contributed by atoms with Gasteiger partial charge in [0.15, 0.2) is 0 Å². The smallest absolute Gasteiger partial charge is 0.313 e. The average Bonchev–Trinajstić information content (AvgIpc) is 2.82. The van der Waals surface area contributed by atoms with Gasteiger partial charge in [-0.1, -0.05) is 23.7 Å². The quantitative estimate of drug-likeness (QED) is 0.901. The highest BCUT2D eigenvalue weighted by Crippen LogP contribution is 2.30. The van der Waals surface area contributed by atoms with Crippen LogP contribution in [-0.2, 0) is 16.1 Å². The molecule has 4 nitrogen and oxygen atoms in total. The van der Waals surface area contributed by atoms with E-state index in [0.29, 0.717) is 37.7 Å². The predicted molar refractivity (Wildman–Crippen MR) is 73.3 cm³/mol. The molecule has 0 spiro atoms. The van der Waals surface area contributed by atoms with E-state index in [4.69, 9.17) is 16.3 Å². The first kappa shape index (κ1) is 14.3. The molecular weight excluding hydrogens is 266 g/mol. The van der Waals surface area contributed by atoms with E-state index in [9.17, 15) is 9.90 Å². The van der Waals surface area contributed by atoms with Crippen LogP contribution in [0.2, 0.25) is 5.02 Å². The van der Waals surface area contributed by atoms with E-state index >= 15 is 0 Å². The summed E-state index contributed by atoms with van der Waals surface area (Å²) in [6, 6.07) is 7.60. The molecule has 104 valence electrons. The minimum Gasteiger partial charge on any atom is -0.481 e. The first-order valence-corrected chi connectivity index (χ1v) is 6.64. The van der Waals surface area contributed by atoms with Crippen molar-refractivity contribution in [3.05, 3.63) is 34.9 Å². The zero-order valence-electron chi connectivity index (χ0n) is 10.9. The van der Waals surface area contributed by atoms with Gasteiger partial charge in [-0.2, -0.15) is 0 Å². The third-order valence-electron chi connectivity index (χ3n) is 3.50. The van der Waals surface area contributed by atoms with Crippen LogP contribution < -0.4 is 0 Å². The van der Waals surface area contributed by atoms with E-state index in [1.807, 2.05) is 36.2 Å². The van der Waals surface area contributed by atoms with Crippen molar-refractivity contribution in [2.75, 3.05) is 26.8 Å². The van der Waals surface area contributed by atoms with Crippen LogP contribution in [0.3, 0.4) is 0 Å². The molecule has 1 unspecified atom stereocenters. The van der Waals surface area contributed by atoms with E-state index in [0.717, 1.165) is 5.56 Å². The molecule has 2 rings (SSSR count). The molecule has 1 fully saturated rings. The van der Waals surface area contributed by atoms with Gasteiger partial charge in [0.25, 0.3) is 0 Å². The molecule has 5 heteroatoms. The first-order valence-electron chi connectivity index (χ1n) is 6.26. The Kier molecular flexibility index (Phi) is 4.45. The van der Waals surface area contributed by atoms with Crippen molar-refractivity contribution in [2.45, 2.75) is 13.0 Å². The van der Waals surface area contributed by atoms with Crippen LogP contribution in [-0.4, -0.2) is 42.8 Å². The molecule has 1 atom stereocenters. The maximum Gasteiger partial charge on any atom is 0.313 e. The highest BCUT2D eigenvalue weighted by Gasteiger charge is 2.43. The van der Waals surface area contributed by atoms with Gasteiger partial charge in [-0.05, 0) is 31.2 Å². The lowest BCUT2D eigenvalue weighted by molar-refractivity contribution is -0.150. The molecule has 1 aromatic carbocycles. The van der Waals surface area contributed by atoms with E-state index in [2.05, 4.69) is 0 Å². The number of ether oxygens (including phenoxy) is 1. The van der Waals surface area contributed by atoms with E-state index in [1.54, 1.807) is 0 Å². The molecule has 0 bridgehead atoms. The number of hydrogen-bond donors (Lipinski definition) is 1. The molecule has 1 aromatic rings. The van der Waals surface area contributed by atoms with E-state index in [1.165, 1.54) is 0 Å². The summed E-state index contributed by atoms with van der Waals surface area (Å²) >= 11 is 5.84. The lowest BCUT2D eigenvalue weighted by Gasteiger charge is -2.28. The summed E-state index contributed by atoms with van der Waals surface area (Å²) in [4.78, 5) is 13.5. The summed E-state index contributed by atoms with van der Waals surface area (Å²) in [6.45, 7) is 2.02. The average molecular weight is 284 g/mol. The molecular formula is C14H18ClNO3. The maximum absolute atomic E-state index is 11.4. The summed E-state index contributed by atoms with van der Waals surface area (Å²) in [5.74, 6) is -0.770. The number of aliphatic carboxylic acids is 1. The second-order valence-corrected chi connectivity index (χ2v) is 5.62. The Balaban J connectivity index is 1.98. The van der Waals surface area contributed by atoms with Crippen molar-refractivity contribution < 1.29 is 14.6 Å². The van der Waals surface area contributed by atoms with Gasteiger partial charge in [0.1, 0.15) is 5.41 Å². The first-order chi connectivity index (χ1) is 9.02. The highest BCUT2D eigenvalue weighted by atomic mass is 35.5. The minimum atomic E-state index is -0.770. The van der Waals surface area contributed by atoms with Crippen molar-refractivity contribution in [2.24, 2.45) is 5.41 Å². The molecule has 1 heterocycles. The van der Waals surface area contributed by atoms with Gasteiger partial charge in [0, 0.05) is 24.7 Å². The predicted octanol–water partition coefficient (Wildman–Crippen LogP) is 2.26. The zero-order chi connectivity index (χ0) is 13.9. The lowest BCUT2D eigenvalue weighted by atomic mass is 9.87. The molecule has 1 aliphatic rings. The topological polar surface area (TPSA) is 49.8 Å². The molecule has 1 saturated heterocycles. The van der Waals surface area contributed by atoms with Crippen molar-refractivity contribution in [3.63, 3.8) is 0 Å². The number of carboxylic acid groups (broad SMARTS) is 1. The van der Waals surface area contributed by atoms with Gasteiger partial charge in [0.05, 0.1) is 6.61 Å². The molecule has 0 saturated carbocycles. The number of benzene rings is 1. The summed E-state index contributed by atoms with van der Waals surface area (Å²) in [7, 11) is 1.93. The SMILES string of the molecule is CN(Cc1ccc(Cl)cc1)CC1(C(=O)O)CCOC1. The second kappa shape index (κ2) is 5.90. The van der Waals surface area contributed by atoms with Crippen molar-refractivity contribution >= 4 is 17.6 Å². The highest BCUT2D eigenvalue weighted by molar-refractivity contribution is 6.30. The van der Waals surface area contributed by atoms with Crippen molar-refractivity contribution in [1.82, 2.24) is 4.90 Å². The second-order valence-electron chi connectivity index (χ2n) is 5.19. The Bertz CT molecular complexity index is 441. The number of carboxylic acids is 1. The van der Waals surface area contributed by atoms with Gasteiger partial charge in [-0.3, -0.25) is 4.79 Å². The van der Waals surface area contributed by atoms with Gasteiger partial charge in [0.2, 0.25) is 0 Å². The third kappa shape index (κ3) is 3.47. The Morgan fingerprint density at radius 2 is 2.16 bits per heavy atom. The fourth-order valence-electron chi connectivity index (χ4n) is 2.44. The summed E-state index contributed by atoms with van der Waals surface area (Å²) < 4.78 is 5.26. The van der Waals surface area contributed by atoms with Crippen molar-refractivity contribution in [1.29, 1.82) is 0 Å². The maximum atomic E-state index is 11.4. The van der Waals surface area contributed by atoms with E-state index in [-0.39, 0.29) is 0 Å². The van der Waals surface area contributed by atoms with Crippen LogP contribution in [0.25, 0.3) is 0 Å². The van der Waals surface area contributed by atoms with Gasteiger partial charge in [-0.25, -0.2) is 0 Å². The number of halogens is 1. The Morgan fingerprint density at radius 1 is 1.47 bits per heavy atom. The van der Waals surface area contributed by atoms with Gasteiger partial charge < -0.3 is 14.7 Å². The normalized spacial score (nSPS) is 22.9. The number of nitrogens with zero attached hydrogens (tertiary/aromatic N) is 1. The standard InChI is InChI=1S/C14H18ClNO3/c1-16(8-11-2-4-12(15)5-3-11)9-14(13(17)18)6-7-19-10-14/h2-5H,6-10H2,1H3,(H,17,18). The van der Waals surface area contributed by atoms with E-state index < -0.39 is 11.4 Å². The molecule has 0 amide bonds. The summed E-state index contributed by atoms with van der Waals surface area (Å²) in [6.07, 6.45) is 0.577. The van der Waals surface area contributed by atoms with Crippen LogP contribution in [0.4, 0.5) is 0 Å². The van der Waals surface area contributed by atoms with Crippen molar-refractivity contribution in [3.8, 4) is 0 Å². The fourth-order valence-corrected chi connectivity index (χ4v) is 2.57. The Hall–Kier alpha value is -1.10. The fraction of sp³-hybridized carbons (Fsp3) is 0.500. The molecule has 0 aromatic heterocycles. The van der Waals surface area contributed by atoms with Crippen LogP contribution in [0.5, 0.6) is 0 Å².